The van der Waals surface area contributed by atoms with Crippen LogP contribution in [-0.4, -0.2) is 21.3 Å². The second-order valence-electron chi connectivity index (χ2n) is 4.13. The van der Waals surface area contributed by atoms with Gasteiger partial charge in [0.2, 0.25) is 0 Å². The van der Waals surface area contributed by atoms with E-state index in [1.54, 1.807) is 12.1 Å². The third-order valence-corrected chi connectivity index (χ3v) is 2.92. The maximum Gasteiger partial charge on any atom is 0.267 e. The minimum absolute atomic E-state index is 0.169. The largest absolute Gasteiger partial charge is 0.370 e. The van der Waals surface area contributed by atoms with Crippen molar-refractivity contribution in [2.45, 2.75) is 20.4 Å². The Labute approximate surface area is 116 Å². The normalized spacial score (nSPS) is 10.5. The number of nitrogens with zero attached hydrogens (tertiary/aromatic N) is 3. The van der Waals surface area contributed by atoms with Crippen molar-refractivity contribution >= 4 is 17.4 Å². The Balaban J connectivity index is 2.34. The molecule has 100 valence electrons. The Hall–Kier alpha value is -1.88. The highest BCUT2D eigenvalue weighted by molar-refractivity contribution is 6.31. The lowest BCUT2D eigenvalue weighted by atomic mass is 10.3. The molecule has 0 aliphatic carbocycles. The molecule has 0 aliphatic rings. The van der Waals surface area contributed by atoms with E-state index < -0.39 is 0 Å². The zero-order valence-electron chi connectivity index (χ0n) is 10.9. The van der Waals surface area contributed by atoms with Crippen LogP contribution in [0.3, 0.4) is 0 Å². The standard InChI is InChI=1S/C13H15ClN4O/c1-3-15-12-6-5-10(14)11(16-12)8-18-13(19)7-4-9(2)17-18/h4-7H,3,8H2,1-2H3,(H,15,16). The molecule has 0 saturated heterocycles. The minimum Gasteiger partial charge on any atom is -0.370 e. The van der Waals surface area contributed by atoms with Crippen molar-refractivity contribution in [1.82, 2.24) is 14.8 Å². The molecule has 6 heteroatoms. The summed E-state index contributed by atoms with van der Waals surface area (Å²) in [7, 11) is 0. The molecule has 0 saturated carbocycles. The van der Waals surface area contributed by atoms with E-state index in [1.807, 2.05) is 19.9 Å². The molecule has 0 fully saturated rings. The van der Waals surface area contributed by atoms with Crippen molar-refractivity contribution in [3.8, 4) is 0 Å². The van der Waals surface area contributed by atoms with E-state index in [9.17, 15) is 4.79 Å². The van der Waals surface area contributed by atoms with E-state index >= 15 is 0 Å². The summed E-state index contributed by atoms with van der Waals surface area (Å²) in [5.74, 6) is 0.739. The van der Waals surface area contributed by atoms with Crippen molar-refractivity contribution in [2.24, 2.45) is 0 Å². The first-order valence-electron chi connectivity index (χ1n) is 6.04. The van der Waals surface area contributed by atoms with E-state index in [2.05, 4.69) is 15.4 Å². The van der Waals surface area contributed by atoms with Gasteiger partial charge in [0.1, 0.15) is 5.82 Å². The predicted octanol–water partition coefficient (Wildman–Crippen LogP) is 2.08. The first kappa shape index (κ1) is 13.5. The third kappa shape index (κ3) is 3.32. The van der Waals surface area contributed by atoms with Crippen LogP contribution in [-0.2, 0) is 6.54 Å². The maximum absolute atomic E-state index is 11.7. The lowest BCUT2D eigenvalue weighted by Crippen LogP contribution is -2.23. The Morgan fingerprint density at radius 3 is 2.84 bits per heavy atom. The van der Waals surface area contributed by atoms with Crippen LogP contribution in [0, 0.1) is 6.92 Å². The molecule has 1 N–H and O–H groups in total. The van der Waals surface area contributed by atoms with Crippen LogP contribution in [0.5, 0.6) is 0 Å². The van der Waals surface area contributed by atoms with Gasteiger partial charge in [0.25, 0.3) is 5.56 Å². The van der Waals surface area contributed by atoms with Crippen LogP contribution in [0.2, 0.25) is 5.02 Å². The van der Waals surface area contributed by atoms with Crippen LogP contribution in [0.25, 0.3) is 0 Å². The first-order valence-corrected chi connectivity index (χ1v) is 6.42. The lowest BCUT2D eigenvalue weighted by Gasteiger charge is -2.09. The summed E-state index contributed by atoms with van der Waals surface area (Å²) >= 11 is 6.10. The number of rotatable bonds is 4. The molecule has 5 nitrogen and oxygen atoms in total. The van der Waals surface area contributed by atoms with Crippen LogP contribution in [0.1, 0.15) is 18.3 Å². The van der Waals surface area contributed by atoms with E-state index in [1.165, 1.54) is 10.7 Å². The van der Waals surface area contributed by atoms with Crippen molar-refractivity contribution in [2.75, 3.05) is 11.9 Å². The van der Waals surface area contributed by atoms with E-state index in [-0.39, 0.29) is 12.1 Å². The van der Waals surface area contributed by atoms with Gasteiger partial charge in [-0.25, -0.2) is 9.67 Å². The zero-order chi connectivity index (χ0) is 13.8. The highest BCUT2D eigenvalue weighted by atomic mass is 35.5. The van der Waals surface area contributed by atoms with Crippen LogP contribution in [0.15, 0.2) is 29.1 Å². The summed E-state index contributed by atoms with van der Waals surface area (Å²) in [6.45, 7) is 4.86. The molecule has 0 aliphatic heterocycles. The second kappa shape index (κ2) is 5.84. The summed E-state index contributed by atoms with van der Waals surface area (Å²) in [6.07, 6.45) is 0. The molecule has 0 spiro atoms. The Bertz CT molecular complexity index is 639. The molecule has 0 atom stereocenters. The summed E-state index contributed by atoms with van der Waals surface area (Å²) in [6, 6.07) is 6.75. The number of aromatic nitrogens is 3. The number of pyridine rings is 1. The minimum atomic E-state index is -0.169. The van der Waals surface area contributed by atoms with Crippen molar-refractivity contribution < 1.29 is 0 Å². The lowest BCUT2D eigenvalue weighted by molar-refractivity contribution is 0.618. The fourth-order valence-electron chi connectivity index (χ4n) is 1.68. The van der Waals surface area contributed by atoms with Gasteiger partial charge in [-0.1, -0.05) is 11.6 Å². The number of halogens is 1. The summed E-state index contributed by atoms with van der Waals surface area (Å²) < 4.78 is 1.36. The summed E-state index contributed by atoms with van der Waals surface area (Å²) in [5.41, 5.74) is 1.23. The second-order valence-corrected chi connectivity index (χ2v) is 4.53. The summed E-state index contributed by atoms with van der Waals surface area (Å²) in [5, 5.41) is 7.80. The van der Waals surface area contributed by atoms with E-state index in [0.29, 0.717) is 10.7 Å². The van der Waals surface area contributed by atoms with Gasteiger partial charge in [0, 0.05) is 12.6 Å². The molecule has 0 amide bonds. The Morgan fingerprint density at radius 2 is 2.11 bits per heavy atom. The van der Waals surface area contributed by atoms with Gasteiger partial charge >= 0.3 is 0 Å². The molecular weight excluding hydrogens is 264 g/mol. The van der Waals surface area contributed by atoms with Gasteiger partial charge in [0.05, 0.1) is 23.0 Å². The Kier molecular flexibility index (Phi) is 4.16. The predicted molar refractivity (Wildman–Crippen MR) is 75.7 cm³/mol. The number of hydrogen-bond acceptors (Lipinski definition) is 4. The van der Waals surface area contributed by atoms with Crippen LogP contribution < -0.4 is 10.9 Å². The monoisotopic (exact) mass is 278 g/mol. The molecule has 19 heavy (non-hydrogen) atoms. The highest BCUT2D eigenvalue weighted by Crippen LogP contribution is 2.17. The zero-order valence-corrected chi connectivity index (χ0v) is 11.6. The van der Waals surface area contributed by atoms with Crippen molar-refractivity contribution in [1.29, 1.82) is 0 Å². The average molecular weight is 279 g/mol. The number of aryl methyl sites for hydroxylation is 1. The molecule has 2 aromatic rings. The number of nitrogens with one attached hydrogen (secondary N) is 1. The van der Waals surface area contributed by atoms with Gasteiger partial charge in [-0.3, -0.25) is 4.79 Å². The fourth-order valence-corrected chi connectivity index (χ4v) is 1.85. The van der Waals surface area contributed by atoms with Gasteiger partial charge in [-0.05, 0) is 32.0 Å². The molecule has 0 aromatic carbocycles. The fraction of sp³-hybridized carbons (Fsp3) is 0.308. The maximum atomic E-state index is 11.7. The quantitative estimate of drug-likeness (QED) is 0.930. The molecule has 2 rings (SSSR count). The number of anilines is 1. The highest BCUT2D eigenvalue weighted by Gasteiger charge is 2.07. The van der Waals surface area contributed by atoms with Crippen LogP contribution in [0.4, 0.5) is 5.82 Å². The molecule has 0 unspecified atom stereocenters. The number of hydrogen-bond donors (Lipinski definition) is 1. The molecule has 2 aromatic heterocycles. The van der Waals surface area contributed by atoms with Gasteiger partial charge < -0.3 is 5.32 Å². The van der Waals surface area contributed by atoms with E-state index in [0.717, 1.165) is 18.1 Å². The van der Waals surface area contributed by atoms with Crippen molar-refractivity contribution in [3.63, 3.8) is 0 Å². The smallest absolute Gasteiger partial charge is 0.267 e. The first-order chi connectivity index (χ1) is 9.10. The third-order valence-electron chi connectivity index (χ3n) is 2.58. The molecule has 2 heterocycles. The summed E-state index contributed by atoms with van der Waals surface area (Å²) in [4.78, 5) is 16.1. The van der Waals surface area contributed by atoms with Gasteiger partial charge in [-0.2, -0.15) is 5.10 Å². The average Bonchev–Trinajstić information content (AvgIpc) is 2.38. The van der Waals surface area contributed by atoms with Crippen LogP contribution >= 0.6 is 11.6 Å². The van der Waals surface area contributed by atoms with E-state index in [4.69, 9.17) is 11.6 Å². The van der Waals surface area contributed by atoms with Crippen molar-refractivity contribution in [3.05, 3.63) is 51.0 Å². The van der Waals surface area contributed by atoms with Gasteiger partial charge in [0.15, 0.2) is 0 Å². The molecule has 0 radical (unpaired) electrons. The van der Waals surface area contributed by atoms with Gasteiger partial charge in [-0.15, -0.1) is 0 Å². The SMILES string of the molecule is CCNc1ccc(Cl)c(Cn2nc(C)ccc2=O)n1. The molecular formula is C13H15ClN4O. The molecule has 0 bridgehead atoms. The topological polar surface area (TPSA) is 59.8 Å². The Morgan fingerprint density at radius 1 is 1.32 bits per heavy atom.